The molecule has 1 rings (SSSR count). The summed E-state index contributed by atoms with van der Waals surface area (Å²) in [5, 5.41) is 8.63. The van der Waals surface area contributed by atoms with Crippen LogP contribution in [0.3, 0.4) is 0 Å². The molecule has 0 aliphatic carbocycles. The molecule has 1 aliphatic heterocycles. The summed E-state index contributed by atoms with van der Waals surface area (Å²) < 4.78 is 0. The van der Waals surface area contributed by atoms with Gasteiger partial charge in [0.05, 0.1) is 6.67 Å². The van der Waals surface area contributed by atoms with Gasteiger partial charge in [0.15, 0.2) is 0 Å². The molecule has 60 valence electrons. The van der Waals surface area contributed by atoms with Crippen LogP contribution in [0.4, 0.5) is 0 Å². The van der Waals surface area contributed by atoms with Gasteiger partial charge in [-0.05, 0) is 6.20 Å². The quantitative estimate of drug-likeness (QED) is 0.472. The minimum atomic E-state index is 0.934. The predicted molar refractivity (Wildman–Crippen MR) is 48.4 cm³/mol. The summed E-state index contributed by atoms with van der Waals surface area (Å²) in [5.41, 5.74) is 0. The molecule has 0 spiro atoms. The van der Waals surface area contributed by atoms with E-state index in [1.165, 1.54) is 5.40 Å². The molecular weight excluding hydrogens is 158 g/mol. The molecule has 0 amide bonds. The second-order valence-electron chi connectivity index (χ2n) is 1.99. The molecular formula is C7H11N3S. The molecule has 0 N–H and O–H groups in total. The van der Waals surface area contributed by atoms with Gasteiger partial charge in [0.2, 0.25) is 0 Å². The molecule has 0 aromatic rings. The van der Waals surface area contributed by atoms with Gasteiger partial charge in [-0.1, -0.05) is 19.2 Å². The number of rotatable bonds is 1. The Bertz CT molecular complexity index is 183. The number of hydrogen-bond donors (Lipinski definition) is 1. The lowest BCUT2D eigenvalue weighted by Gasteiger charge is -2.11. The van der Waals surface area contributed by atoms with Crippen molar-refractivity contribution in [3.63, 3.8) is 0 Å². The Balaban J connectivity index is 0.000000292. The summed E-state index contributed by atoms with van der Waals surface area (Å²) in [6, 6.07) is 0. The Morgan fingerprint density at radius 3 is 2.45 bits per heavy atom. The van der Waals surface area contributed by atoms with E-state index in [0.29, 0.717) is 0 Å². The number of hydrogen-bond acceptors (Lipinski definition) is 4. The molecule has 0 fully saturated rings. The second-order valence-corrected chi connectivity index (χ2v) is 2.19. The number of thiol groups is 1. The van der Waals surface area contributed by atoms with E-state index in [1.54, 1.807) is 6.20 Å². The van der Waals surface area contributed by atoms with Crippen molar-refractivity contribution in [3.8, 4) is 5.40 Å². The van der Waals surface area contributed by atoms with E-state index in [9.17, 15) is 0 Å². The molecule has 11 heavy (non-hydrogen) atoms. The van der Waals surface area contributed by atoms with Crippen molar-refractivity contribution in [2.45, 2.75) is 0 Å². The fraction of sp³-hybridized carbons (Fsp3) is 0.286. The molecule has 0 aromatic carbocycles. The minimum absolute atomic E-state index is 0.934. The molecule has 1 heterocycles. The van der Waals surface area contributed by atoms with E-state index in [2.05, 4.69) is 24.1 Å². The van der Waals surface area contributed by atoms with Crippen LogP contribution in [-0.4, -0.2) is 23.5 Å². The Labute approximate surface area is 72.6 Å². The highest BCUT2D eigenvalue weighted by atomic mass is 32.1. The van der Waals surface area contributed by atoms with E-state index in [4.69, 9.17) is 5.26 Å². The van der Waals surface area contributed by atoms with Gasteiger partial charge >= 0.3 is 0 Å². The Kier molecular flexibility index (Phi) is 5.13. The van der Waals surface area contributed by atoms with E-state index < -0.39 is 0 Å². The predicted octanol–water partition coefficient (Wildman–Crippen LogP) is 1.20. The molecule has 3 nitrogen and oxygen atoms in total. The van der Waals surface area contributed by atoms with Crippen LogP contribution in [-0.2, 0) is 0 Å². The third-order valence-corrected chi connectivity index (χ3v) is 1.13. The maximum atomic E-state index is 7.18. The fourth-order valence-corrected chi connectivity index (χ4v) is 0.670. The molecule has 4 heteroatoms. The molecule has 0 saturated carbocycles. The first kappa shape index (κ1) is 9.92. The lowest BCUT2D eigenvalue weighted by atomic mass is 10.8. The molecule has 0 atom stereocenters. The molecule has 0 bridgehead atoms. The lowest BCUT2D eigenvalue weighted by Crippen LogP contribution is -2.16. The van der Waals surface area contributed by atoms with E-state index in [-0.39, 0.29) is 0 Å². The summed E-state index contributed by atoms with van der Waals surface area (Å²) >= 11 is 3.09. The van der Waals surface area contributed by atoms with Crippen LogP contribution in [0.2, 0.25) is 0 Å². The van der Waals surface area contributed by atoms with Gasteiger partial charge in [-0.3, -0.25) is 0 Å². The zero-order chi connectivity index (χ0) is 8.69. The maximum absolute atomic E-state index is 7.18. The standard InChI is InChI=1S/C6H10N2.CHNS/c1-3-8-5-4-7(2)6-8;2-1-3/h3-5H,1,6H2,2H3;3H. The van der Waals surface area contributed by atoms with Crippen molar-refractivity contribution >= 4 is 12.6 Å². The van der Waals surface area contributed by atoms with Gasteiger partial charge in [-0.25, -0.2) is 0 Å². The molecule has 0 unspecified atom stereocenters. The number of nitrogens with zero attached hydrogens (tertiary/aromatic N) is 3. The first-order chi connectivity index (χ1) is 5.24. The normalized spacial score (nSPS) is 13.5. The SMILES string of the molecule is C=CN1C=CN(C)C1.N#CS. The minimum Gasteiger partial charge on any atom is -0.361 e. The highest BCUT2D eigenvalue weighted by Crippen LogP contribution is 2.01. The van der Waals surface area contributed by atoms with Gasteiger partial charge in [-0.2, -0.15) is 5.26 Å². The van der Waals surface area contributed by atoms with Crippen molar-refractivity contribution in [1.82, 2.24) is 9.80 Å². The smallest absolute Gasteiger partial charge is 0.130 e. The van der Waals surface area contributed by atoms with E-state index in [0.717, 1.165) is 6.67 Å². The summed E-state index contributed by atoms with van der Waals surface area (Å²) in [4.78, 5) is 4.10. The van der Waals surface area contributed by atoms with Gasteiger partial charge in [0, 0.05) is 19.4 Å². The highest BCUT2D eigenvalue weighted by Gasteiger charge is 2.01. The summed E-state index contributed by atoms with van der Waals surface area (Å²) in [5.74, 6) is 0. The van der Waals surface area contributed by atoms with Gasteiger partial charge in [-0.15, -0.1) is 0 Å². The van der Waals surface area contributed by atoms with Crippen LogP contribution < -0.4 is 0 Å². The largest absolute Gasteiger partial charge is 0.361 e. The van der Waals surface area contributed by atoms with Crippen LogP contribution in [0.15, 0.2) is 25.2 Å². The Morgan fingerprint density at radius 1 is 1.73 bits per heavy atom. The van der Waals surface area contributed by atoms with Gasteiger partial charge in [0.1, 0.15) is 5.40 Å². The average molecular weight is 169 g/mol. The van der Waals surface area contributed by atoms with Crippen LogP contribution in [0.1, 0.15) is 0 Å². The highest BCUT2D eigenvalue weighted by molar-refractivity contribution is 7.85. The zero-order valence-corrected chi connectivity index (χ0v) is 7.33. The molecule has 0 saturated heterocycles. The summed E-state index contributed by atoms with van der Waals surface area (Å²) in [6.07, 6.45) is 5.81. The van der Waals surface area contributed by atoms with Crippen LogP contribution >= 0.6 is 12.6 Å². The topological polar surface area (TPSA) is 30.3 Å². The van der Waals surface area contributed by atoms with Crippen molar-refractivity contribution in [1.29, 1.82) is 5.26 Å². The van der Waals surface area contributed by atoms with Crippen molar-refractivity contribution in [2.75, 3.05) is 13.7 Å². The fourth-order valence-electron chi connectivity index (χ4n) is 0.670. The Hall–Kier alpha value is -1.08. The number of thiocyanates is 1. The first-order valence-electron chi connectivity index (χ1n) is 3.04. The van der Waals surface area contributed by atoms with Crippen LogP contribution in [0.25, 0.3) is 0 Å². The van der Waals surface area contributed by atoms with Crippen molar-refractivity contribution < 1.29 is 0 Å². The Morgan fingerprint density at radius 2 is 2.27 bits per heavy atom. The second kappa shape index (κ2) is 5.69. The molecule has 1 aliphatic rings. The average Bonchev–Trinajstić information content (AvgIpc) is 2.37. The van der Waals surface area contributed by atoms with E-state index in [1.807, 2.05) is 24.3 Å². The number of nitriles is 1. The zero-order valence-electron chi connectivity index (χ0n) is 6.44. The van der Waals surface area contributed by atoms with Gasteiger partial charge in [0.25, 0.3) is 0 Å². The molecule has 0 aromatic heterocycles. The summed E-state index contributed by atoms with van der Waals surface area (Å²) in [6.45, 7) is 4.56. The van der Waals surface area contributed by atoms with Crippen LogP contribution in [0.5, 0.6) is 0 Å². The lowest BCUT2D eigenvalue weighted by molar-refractivity contribution is 0.364. The van der Waals surface area contributed by atoms with Crippen molar-refractivity contribution in [3.05, 3.63) is 25.2 Å². The monoisotopic (exact) mass is 169 g/mol. The van der Waals surface area contributed by atoms with Crippen LogP contribution in [0, 0.1) is 10.7 Å². The molecule has 0 radical (unpaired) electrons. The summed E-state index contributed by atoms with van der Waals surface area (Å²) in [7, 11) is 2.03. The van der Waals surface area contributed by atoms with E-state index >= 15 is 0 Å². The maximum Gasteiger partial charge on any atom is 0.130 e. The first-order valence-corrected chi connectivity index (χ1v) is 3.49. The third-order valence-electron chi connectivity index (χ3n) is 1.13. The van der Waals surface area contributed by atoms with Gasteiger partial charge < -0.3 is 9.80 Å². The van der Waals surface area contributed by atoms with Crippen molar-refractivity contribution in [2.24, 2.45) is 0 Å². The third kappa shape index (κ3) is 4.34.